The van der Waals surface area contributed by atoms with Crippen LogP contribution >= 0.6 is 0 Å². The second-order valence-corrected chi connectivity index (χ2v) is 7.00. The van der Waals surface area contributed by atoms with Crippen LogP contribution in [0.25, 0.3) is 11.0 Å². The van der Waals surface area contributed by atoms with Crippen LogP contribution < -0.4 is 10.2 Å². The highest BCUT2D eigenvalue weighted by molar-refractivity contribution is 5.81. The van der Waals surface area contributed by atoms with Crippen molar-refractivity contribution in [2.24, 2.45) is 5.92 Å². The molecule has 1 aliphatic heterocycles. The lowest BCUT2D eigenvalue weighted by Crippen LogP contribution is -2.45. The summed E-state index contributed by atoms with van der Waals surface area (Å²) < 4.78 is 2.30. The van der Waals surface area contributed by atoms with Gasteiger partial charge in [0.05, 0.1) is 17.0 Å². The molecular formula is C19H28N4O. The summed E-state index contributed by atoms with van der Waals surface area (Å²) in [6.07, 6.45) is 3.06. The highest BCUT2D eigenvalue weighted by Crippen LogP contribution is 2.27. The summed E-state index contributed by atoms with van der Waals surface area (Å²) in [4.78, 5) is 19.6. The van der Waals surface area contributed by atoms with Gasteiger partial charge in [-0.15, -0.1) is 0 Å². The molecule has 1 N–H and O–H groups in total. The first-order chi connectivity index (χ1) is 11.6. The molecule has 2 heterocycles. The fourth-order valence-corrected chi connectivity index (χ4v) is 3.52. The van der Waals surface area contributed by atoms with E-state index in [-0.39, 0.29) is 17.9 Å². The van der Waals surface area contributed by atoms with Crippen molar-refractivity contribution in [1.82, 2.24) is 14.9 Å². The number of amides is 1. The van der Waals surface area contributed by atoms with Gasteiger partial charge in [0.25, 0.3) is 0 Å². The van der Waals surface area contributed by atoms with Crippen molar-refractivity contribution < 1.29 is 4.79 Å². The molecule has 0 aliphatic carbocycles. The number of aryl methyl sites for hydroxylation is 1. The Kier molecular flexibility index (Phi) is 5.07. The molecule has 0 spiro atoms. The minimum atomic E-state index is 0.0519. The molecule has 0 bridgehead atoms. The van der Waals surface area contributed by atoms with Gasteiger partial charge in [0, 0.05) is 25.7 Å². The van der Waals surface area contributed by atoms with Crippen molar-refractivity contribution in [2.45, 2.75) is 52.6 Å². The zero-order valence-electron chi connectivity index (χ0n) is 15.0. The number of carbonyl (C=O) groups excluding carboxylic acids is 1. The molecule has 24 heavy (non-hydrogen) atoms. The van der Waals surface area contributed by atoms with E-state index in [0.29, 0.717) is 0 Å². The van der Waals surface area contributed by atoms with Crippen molar-refractivity contribution in [2.75, 3.05) is 18.0 Å². The second kappa shape index (κ2) is 7.24. The predicted octanol–water partition coefficient (Wildman–Crippen LogP) is 3.19. The first-order valence-corrected chi connectivity index (χ1v) is 9.10. The van der Waals surface area contributed by atoms with E-state index < -0.39 is 0 Å². The van der Waals surface area contributed by atoms with Crippen molar-refractivity contribution in [3.05, 3.63) is 24.3 Å². The summed E-state index contributed by atoms with van der Waals surface area (Å²) in [5.74, 6) is 1.24. The van der Waals surface area contributed by atoms with E-state index in [1.54, 1.807) is 0 Å². The molecule has 2 aromatic rings. The molecular weight excluding hydrogens is 300 g/mol. The van der Waals surface area contributed by atoms with Gasteiger partial charge in [0.2, 0.25) is 11.9 Å². The lowest BCUT2D eigenvalue weighted by Gasteiger charge is -2.33. The van der Waals surface area contributed by atoms with Crippen molar-refractivity contribution in [3.8, 4) is 0 Å². The number of rotatable bonds is 5. The highest BCUT2D eigenvalue weighted by Gasteiger charge is 2.28. The molecule has 1 aromatic carbocycles. The average molecular weight is 328 g/mol. The zero-order valence-corrected chi connectivity index (χ0v) is 15.0. The van der Waals surface area contributed by atoms with E-state index in [2.05, 4.69) is 39.9 Å². The Labute approximate surface area is 144 Å². The zero-order chi connectivity index (χ0) is 17.1. The van der Waals surface area contributed by atoms with E-state index in [4.69, 9.17) is 4.98 Å². The maximum Gasteiger partial charge on any atom is 0.225 e. The van der Waals surface area contributed by atoms with Crippen LogP contribution in [0.1, 0.15) is 40.0 Å². The Morgan fingerprint density at radius 2 is 2.17 bits per heavy atom. The van der Waals surface area contributed by atoms with Crippen molar-refractivity contribution in [3.63, 3.8) is 0 Å². The van der Waals surface area contributed by atoms with E-state index in [9.17, 15) is 4.79 Å². The first kappa shape index (κ1) is 16.8. The molecule has 1 aromatic heterocycles. The number of aromatic nitrogens is 2. The number of imidazole rings is 1. The third-order valence-corrected chi connectivity index (χ3v) is 4.59. The molecule has 5 nitrogen and oxygen atoms in total. The molecule has 1 unspecified atom stereocenters. The lowest BCUT2D eigenvalue weighted by molar-refractivity contribution is -0.125. The summed E-state index contributed by atoms with van der Waals surface area (Å²) in [6, 6.07) is 8.49. The minimum absolute atomic E-state index is 0.0519. The Bertz CT molecular complexity index is 706. The predicted molar refractivity (Wildman–Crippen MR) is 98.2 cm³/mol. The van der Waals surface area contributed by atoms with Gasteiger partial charge in [-0.1, -0.05) is 19.1 Å². The fraction of sp³-hybridized carbons (Fsp3) is 0.579. The molecule has 1 aliphatic rings. The molecule has 130 valence electrons. The normalized spacial score (nSPS) is 18.3. The number of hydrogen-bond donors (Lipinski definition) is 1. The number of benzene rings is 1. The van der Waals surface area contributed by atoms with Gasteiger partial charge in [0.15, 0.2) is 0 Å². The molecule has 1 amide bonds. The van der Waals surface area contributed by atoms with Crippen molar-refractivity contribution >= 4 is 22.9 Å². The third kappa shape index (κ3) is 3.40. The van der Waals surface area contributed by atoms with Crippen LogP contribution in [0.2, 0.25) is 0 Å². The van der Waals surface area contributed by atoms with Gasteiger partial charge < -0.3 is 14.8 Å². The van der Waals surface area contributed by atoms with Crippen LogP contribution in [0.5, 0.6) is 0 Å². The average Bonchev–Trinajstić information content (AvgIpc) is 2.94. The fourth-order valence-electron chi connectivity index (χ4n) is 3.52. The van der Waals surface area contributed by atoms with Gasteiger partial charge in [-0.3, -0.25) is 4.79 Å². The van der Waals surface area contributed by atoms with E-state index in [1.165, 1.54) is 5.52 Å². The number of para-hydroxylation sites is 2. The van der Waals surface area contributed by atoms with Crippen LogP contribution in [0.4, 0.5) is 5.95 Å². The number of hydrogen-bond acceptors (Lipinski definition) is 3. The maximum absolute atomic E-state index is 12.4. The topological polar surface area (TPSA) is 50.2 Å². The Morgan fingerprint density at radius 3 is 2.92 bits per heavy atom. The summed E-state index contributed by atoms with van der Waals surface area (Å²) in [7, 11) is 0. The largest absolute Gasteiger partial charge is 0.354 e. The first-order valence-electron chi connectivity index (χ1n) is 9.10. The molecule has 3 rings (SSSR count). The van der Waals surface area contributed by atoms with Gasteiger partial charge in [-0.25, -0.2) is 4.98 Å². The van der Waals surface area contributed by atoms with Crippen molar-refractivity contribution in [1.29, 1.82) is 0 Å². The van der Waals surface area contributed by atoms with E-state index in [0.717, 1.165) is 50.4 Å². The van der Waals surface area contributed by atoms with Gasteiger partial charge in [-0.2, -0.15) is 0 Å². The lowest BCUT2D eigenvalue weighted by atomic mass is 9.97. The maximum atomic E-state index is 12.4. The number of piperidine rings is 1. The quantitative estimate of drug-likeness (QED) is 0.917. The highest BCUT2D eigenvalue weighted by atomic mass is 16.2. The molecule has 1 fully saturated rings. The SMILES string of the molecule is CCCn1c(N2CCCC(C(=O)NC(C)C)C2)nc2ccccc21. The van der Waals surface area contributed by atoms with Crippen LogP contribution in [-0.2, 0) is 11.3 Å². The molecule has 0 radical (unpaired) electrons. The third-order valence-electron chi connectivity index (χ3n) is 4.59. The molecule has 1 saturated heterocycles. The second-order valence-electron chi connectivity index (χ2n) is 7.00. The Hall–Kier alpha value is -2.04. The van der Waals surface area contributed by atoms with Crippen LogP contribution in [-0.4, -0.2) is 34.6 Å². The van der Waals surface area contributed by atoms with Gasteiger partial charge in [0.1, 0.15) is 0 Å². The smallest absolute Gasteiger partial charge is 0.225 e. The standard InChI is InChI=1S/C19H28N4O/c1-4-11-23-17-10-6-5-9-16(17)21-19(23)22-12-7-8-15(13-22)18(24)20-14(2)3/h5-6,9-10,14-15H,4,7-8,11-13H2,1-3H3,(H,20,24). The number of nitrogens with zero attached hydrogens (tertiary/aromatic N) is 3. The number of anilines is 1. The van der Waals surface area contributed by atoms with E-state index >= 15 is 0 Å². The summed E-state index contributed by atoms with van der Waals surface area (Å²) in [5, 5.41) is 3.06. The summed E-state index contributed by atoms with van der Waals surface area (Å²) in [6.45, 7) is 8.89. The molecule has 5 heteroatoms. The molecule has 0 saturated carbocycles. The molecule has 1 atom stereocenters. The Balaban J connectivity index is 1.86. The van der Waals surface area contributed by atoms with Crippen LogP contribution in [0, 0.1) is 5.92 Å². The number of nitrogens with one attached hydrogen (secondary N) is 1. The van der Waals surface area contributed by atoms with Gasteiger partial charge >= 0.3 is 0 Å². The van der Waals surface area contributed by atoms with Crippen LogP contribution in [0.3, 0.4) is 0 Å². The summed E-state index contributed by atoms with van der Waals surface area (Å²) >= 11 is 0. The van der Waals surface area contributed by atoms with Gasteiger partial charge in [-0.05, 0) is 45.2 Å². The Morgan fingerprint density at radius 1 is 1.38 bits per heavy atom. The van der Waals surface area contributed by atoms with Crippen LogP contribution in [0.15, 0.2) is 24.3 Å². The monoisotopic (exact) mass is 328 g/mol. The minimum Gasteiger partial charge on any atom is -0.354 e. The summed E-state index contributed by atoms with van der Waals surface area (Å²) in [5.41, 5.74) is 2.22. The number of carbonyl (C=O) groups is 1. The number of fused-ring (bicyclic) bond motifs is 1. The van der Waals surface area contributed by atoms with E-state index in [1.807, 2.05) is 19.9 Å².